The van der Waals surface area contributed by atoms with Gasteiger partial charge in [0.1, 0.15) is 6.61 Å². The standard InChI is InChI=1S/C19H28N2O2S/c1-24-19(9-5-6-10-19)14-20-16-11-17(12-16)21-18(22)23-13-15-7-3-2-4-8-15/h2-4,7-8,16-17,20H,5-6,9-14H2,1H3,(H,21,22). The Kier molecular flexibility index (Phi) is 6.06. The first-order valence-corrected chi connectivity index (χ1v) is 10.2. The van der Waals surface area contributed by atoms with Crippen LogP contribution in [0.15, 0.2) is 30.3 Å². The van der Waals surface area contributed by atoms with Gasteiger partial charge >= 0.3 is 6.09 Å². The zero-order chi connectivity index (χ0) is 16.8. The smallest absolute Gasteiger partial charge is 0.407 e. The van der Waals surface area contributed by atoms with Gasteiger partial charge in [0.25, 0.3) is 0 Å². The molecule has 1 aromatic carbocycles. The first kappa shape index (κ1) is 17.6. The predicted molar refractivity (Wildman–Crippen MR) is 99.3 cm³/mol. The second-order valence-corrected chi connectivity index (χ2v) is 8.32. The lowest BCUT2D eigenvalue weighted by molar-refractivity contribution is 0.125. The summed E-state index contributed by atoms with van der Waals surface area (Å²) in [6.07, 6.45) is 9.34. The molecule has 0 spiro atoms. The number of nitrogens with one attached hydrogen (secondary N) is 2. The van der Waals surface area contributed by atoms with E-state index in [0.29, 0.717) is 17.4 Å². The van der Waals surface area contributed by atoms with E-state index in [4.69, 9.17) is 4.74 Å². The molecule has 5 heteroatoms. The van der Waals surface area contributed by atoms with Crippen molar-refractivity contribution in [2.75, 3.05) is 12.8 Å². The number of hydrogen-bond acceptors (Lipinski definition) is 4. The van der Waals surface area contributed by atoms with Crippen molar-refractivity contribution in [3.63, 3.8) is 0 Å². The number of thioether (sulfide) groups is 1. The van der Waals surface area contributed by atoms with Crippen LogP contribution in [0, 0.1) is 0 Å². The highest BCUT2D eigenvalue weighted by Crippen LogP contribution is 2.40. The summed E-state index contributed by atoms with van der Waals surface area (Å²) >= 11 is 2.02. The maximum atomic E-state index is 11.8. The Morgan fingerprint density at radius 3 is 2.58 bits per heavy atom. The van der Waals surface area contributed by atoms with Gasteiger partial charge in [0.2, 0.25) is 0 Å². The fourth-order valence-electron chi connectivity index (χ4n) is 3.64. The molecule has 0 saturated heterocycles. The maximum absolute atomic E-state index is 11.8. The first-order chi connectivity index (χ1) is 11.7. The molecular weight excluding hydrogens is 320 g/mol. The van der Waals surface area contributed by atoms with E-state index < -0.39 is 0 Å². The van der Waals surface area contributed by atoms with E-state index in [1.165, 1.54) is 25.7 Å². The Balaban J connectivity index is 1.30. The summed E-state index contributed by atoms with van der Waals surface area (Å²) in [7, 11) is 0. The summed E-state index contributed by atoms with van der Waals surface area (Å²) in [4.78, 5) is 11.8. The third-order valence-electron chi connectivity index (χ3n) is 5.33. The number of rotatable bonds is 7. The third-order valence-corrected chi connectivity index (χ3v) is 6.75. The van der Waals surface area contributed by atoms with Gasteiger partial charge in [-0.1, -0.05) is 43.2 Å². The van der Waals surface area contributed by atoms with Crippen molar-refractivity contribution in [2.24, 2.45) is 0 Å². The number of carbonyl (C=O) groups excluding carboxylic acids is 1. The Labute approximate surface area is 149 Å². The summed E-state index contributed by atoms with van der Waals surface area (Å²) in [6.45, 7) is 1.43. The minimum absolute atomic E-state index is 0.250. The molecule has 2 N–H and O–H groups in total. The zero-order valence-corrected chi connectivity index (χ0v) is 15.2. The average Bonchev–Trinajstić information content (AvgIpc) is 3.05. The van der Waals surface area contributed by atoms with E-state index in [-0.39, 0.29) is 12.1 Å². The molecule has 0 heterocycles. The van der Waals surface area contributed by atoms with E-state index in [1.807, 2.05) is 42.1 Å². The molecule has 2 saturated carbocycles. The van der Waals surface area contributed by atoms with Gasteiger partial charge in [-0.05, 0) is 37.5 Å². The zero-order valence-electron chi connectivity index (χ0n) is 14.4. The minimum atomic E-state index is -0.307. The SMILES string of the molecule is CSC1(CNC2CC(NC(=O)OCc3ccccc3)C2)CCCC1. The lowest BCUT2D eigenvalue weighted by Gasteiger charge is -2.38. The normalized spacial score (nSPS) is 25.0. The second kappa shape index (κ2) is 8.26. The van der Waals surface area contributed by atoms with Crippen LogP contribution in [0.1, 0.15) is 44.1 Å². The number of alkyl carbamates (subject to hydrolysis) is 1. The molecule has 2 aliphatic carbocycles. The van der Waals surface area contributed by atoms with Gasteiger partial charge in [-0.3, -0.25) is 0 Å². The molecule has 0 aliphatic heterocycles. The van der Waals surface area contributed by atoms with Crippen LogP contribution in [0.4, 0.5) is 4.79 Å². The summed E-state index contributed by atoms with van der Waals surface area (Å²) in [5.74, 6) is 0. The van der Waals surface area contributed by atoms with Gasteiger partial charge in [0.05, 0.1) is 0 Å². The Morgan fingerprint density at radius 2 is 1.92 bits per heavy atom. The predicted octanol–water partition coefficient (Wildman–Crippen LogP) is 3.71. The van der Waals surface area contributed by atoms with E-state index in [0.717, 1.165) is 24.9 Å². The molecule has 1 amide bonds. The van der Waals surface area contributed by atoms with Gasteiger partial charge in [-0.25, -0.2) is 4.79 Å². The summed E-state index contributed by atoms with van der Waals surface area (Å²) in [5.41, 5.74) is 1.01. The highest BCUT2D eigenvalue weighted by atomic mass is 32.2. The maximum Gasteiger partial charge on any atom is 0.407 e. The Bertz CT molecular complexity index is 525. The summed E-state index contributed by atoms with van der Waals surface area (Å²) < 4.78 is 5.72. The number of hydrogen-bond donors (Lipinski definition) is 2. The van der Waals surface area contributed by atoms with Crippen molar-refractivity contribution in [3.8, 4) is 0 Å². The molecule has 2 aliphatic rings. The first-order valence-electron chi connectivity index (χ1n) is 8.95. The van der Waals surface area contributed by atoms with E-state index in [1.54, 1.807) is 0 Å². The third kappa shape index (κ3) is 4.67. The van der Waals surface area contributed by atoms with Gasteiger partial charge in [-0.2, -0.15) is 11.8 Å². The number of carbonyl (C=O) groups is 1. The molecule has 4 nitrogen and oxygen atoms in total. The monoisotopic (exact) mass is 348 g/mol. The van der Waals surface area contributed by atoms with Gasteiger partial charge in [0, 0.05) is 23.4 Å². The number of amides is 1. The van der Waals surface area contributed by atoms with Crippen LogP contribution in [0.25, 0.3) is 0 Å². The highest BCUT2D eigenvalue weighted by molar-refractivity contribution is 8.00. The van der Waals surface area contributed by atoms with Crippen LogP contribution in [-0.2, 0) is 11.3 Å². The molecule has 2 fully saturated rings. The average molecular weight is 349 g/mol. The molecule has 0 bridgehead atoms. The van der Waals surface area contributed by atoms with Crippen LogP contribution < -0.4 is 10.6 Å². The Morgan fingerprint density at radius 1 is 1.21 bits per heavy atom. The Hall–Kier alpha value is -1.20. The molecule has 1 aromatic rings. The molecule has 132 valence electrons. The fourth-order valence-corrected chi connectivity index (χ4v) is 4.56. The topological polar surface area (TPSA) is 50.4 Å². The van der Waals surface area contributed by atoms with Crippen LogP contribution in [0.2, 0.25) is 0 Å². The molecule has 0 unspecified atom stereocenters. The molecule has 0 aromatic heterocycles. The van der Waals surface area contributed by atoms with E-state index >= 15 is 0 Å². The fraction of sp³-hybridized carbons (Fsp3) is 0.632. The van der Waals surface area contributed by atoms with Crippen molar-refractivity contribution in [2.45, 2.75) is 62.0 Å². The van der Waals surface area contributed by atoms with Crippen molar-refractivity contribution in [1.29, 1.82) is 0 Å². The molecule has 0 radical (unpaired) electrons. The molecule has 3 rings (SSSR count). The van der Waals surface area contributed by atoms with Gasteiger partial charge < -0.3 is 15.4 Å². The largest absolute Gasteiger partial charge is 0.445 e. The van der Waals surface area contributed by atoms with Crippen molar-refractivity contribution >= 4 is 17.9 Å². The lowest BCUT2D eigenvalue weighted by Crippen LogP contribution is -2.54. The number of benzene rings is 1. The van der Waals surface area contributed by atoms with Crippen LogP contribution in [0.3, 0.4) is 0 Å². The highest BCUT2D eigenvalue weighted by Gasteiger charge is 2.36. The summed E-state index contributed by atoms with van der Waals surface area (Å²) in [6, 6.07) is 10.6. The minimum Gasteiger partial charge on any atom is -0.445 e. The van der Waals surface area contributed by atoms with Crippen molar-refractivity contribution < 1.29 is 9.53 Å². The van der Waals surface area contributed by atoms with Crippen LogP contribution in [0.5, 0.6) is 0 Å². The van der Waals surface area contributed by atoms with Crippen molar-refractivity contribution in [3.05, 3.63) is 35.9 Å². The van der Waals surface area contributed by atoms with Gasteiger partial charge in [-0.15, -0.1) is 0 Å². The quantitative estimate of drug-likeness (QED) is 0.789. The lowest BCUT2D eigenvalue weighted by atomic mass is 9.86. The van der Waals surface area contributed by atoms with Crippen molar-refractivity contribution in [1.82, 2.24) is 10.6 Å². The van der Waals surface area contributed by atoms with E-state index in [9.17, 15) is 4.79 Å². The summed E-state index contributed by atoms with van der Waals surface area (Å²) in [5, 5.41) is 6.66. The molecule has 24 heavy (non-hydrogen) atoms. The van der Waals surface area contributed by atoms with Crippen LogP contribution in [-0.4, -0.2) is 35.7 Å². The molecular formula is C19H28N2O2S. The number of ether oxygens (including phenoxy) is 1. The van der Waals surface area contributed by atoms with E-state index in [2.05, 4.69) is 16.9 Å². The second-order valence-electron chi connectivity index (χ2n) is 7.05. The molecule has 0 atom stereocenters. The van der Waals surface area contributed by atoms with Gasteiger partial charge in [0.15, 0.2) is 0 Å². The van der Waals surface area contributed by atoms with Crippen LogP contribution >= 0.6 is 11.8 Å².